The third-order valence-electron chi connectivity index (χ3n) is 1.65. The first-order valence-corrected chi connectivity index (χ1v) is 3.96. The summed E-state index contributed by atoms with van der Waals surface area (Å²) in [5.41, 5.74) is 5.30. The highest BCUT2D eigenvalue weighted by Crippen LogP contribution is 2.18. The van der Waals surface area contributed by atoms with Gasteiger partial charge in [0.1, 0.15) is 5.66 Å². The van der Waals surface area contributed by atoms with E-state index in [2.05, 4.69) is 18.8 Å². The third kappa shape index (κ3) is 5.30. The average molecular weight is 192 g/mol. The van der Waals surface area contributed by atoms with Crippen molar-refractivity contribution in [1.29, 1.82) is 5.41 Å². The highest BCUT2D eigenvalue weighted by atomic mass is 35.5. The first-order chi connectivity index (χ1) is 5.04. The molecule has 0 rings (SSSR count). The van der Waals surface area contributed by atoms with Gasteiger partial charge in [0.15, 0.2) is 0 Å². The molecule has 3 nitrogen and oxygen atoms in total. The number of hydrogen-bond donors (Lipinski definition) is 2. The molecule has 0 aliphatic heterocycles. The van der Waals surface area contributed by atoms with Gasteiger partial charge in [-0.3, -0.25) is 0 Å². The summed E-state index contributed by atoms with van der Waals surface area (Å²) in [5.74, 6) is 0.511. The number of rotatable bonds is 4. The van der Waals surface area contributed by atoms with Crippen LogP contribution in [0.25, 0.3) is 0 Å². The molecule has 0 aromatic carbocycles. The normalized spacial score (nSPS) is 14.4. The lowest BCUT2D eigenvalue weighted by molar-refractivity contribution is 0.345. The highest BCUT2D eigenvalue weighted by Gasteiger charge is 2.21. The van der Waals surface area contributed by atoms with Crippen LogP contribution >= 0.6 is 12.4 Å². The summed E-state index contributed by atoms with van der Waals surface area (Å²) in [6, 6.07) is 2.01. The Hall–Kier alpha value is -0.370. The summed E-state index contributed by atoms with van der Waals surface area (Å²) in [7, 11) is 0. The van der Waals surface area contributed by atoms with E-state index in [0.29, 0.717) is 5.92 Å². The van der Waals surface area contributed by atoms with Gasteiger partial charge in [-0.1, -0.05) is 20.8 Å². The minimum Gasteiger partial charge on any atom is -0.306 e. The number of hydrogen-bond acceptors (Lipinski definition) is 3. The molecular formula is C8H18ClN3. The minimum absolute atomic E-state index is 0. The fourth-order valence-electron chi connectivity index (χ4n) is 1.09. The second-order valence-corrected chi connectivity index (χ2v) is 3.28. The molecule has 0 amide bonds. The molecule has 0 radical (unpaired) electrons. The summed E-state index contributed by atoms with van der Waals surface area (Å²) >= 11 is 0. The van der Waals surface area contributed by atoms with E-state index in [1.165, 1.54) is 0 Å². The number of nitrogens with two attached hydrogens (primary N) is 1. The monoisotopic (exact) mass is 191 g/mol. The van der Waals surface area contributed by atoms with Crippen molar-refractivity contribution in [3.63, 3.8) is 0 Å². The number of halogens is 1. The summed E-state index contributed by atoms with van der Waals surface area (Å²) < 4.78 is 0. The third-order valence-corrected chi connectivity index (χ3v) is 1.65. The van der Waals surface area contributed by atoms with E-state index in [1.54, 1.807) is 0 Å². The Balaban J connectivity index is 0. The quantitative estimate of drug-likeness (QED) is 0.658. The Bertz CT molecular complexity index is 164. The molecule has 0 saturated carbocycles. The SMILES string of the molecule is CCC(N)(CC(C)C)N=C=N.Cl. The van der Waals surface area contributed by atoms with Gasteiger partial charge in [0.05, 0.1) is 6.01 Å². The van der Waals surface area contributed by atoms with E-state index in [1.807, 2.05) is 12.9 Å². The summed E-state index contributed by atoms with van der Waals surface area (Å²) in [6.07, 6.45) is 1.58. The lowest BCUT2D eigenvalue weighted by Gasteiger charge is -2.23. The van der Waals surface area contributed by atoms with Crippen LogP contribution in [0.5, 0.6) is 0 Å². The summed E-state index contributed by atoms with van der Waals surface area (Å²) in [5, 5.41) is 6.71. The second kappa shape index (κ2) is 6.18. The Kier molecular flexibility index (Phi) is 7.30. The maximum atomic E-state index is 6.71. The average Bonchev–Trinajstić information content (AvgIpc) is 1.87. The van der Waals surface area contributed by atoms with Crippen molar-refractivity contribution < 1.29 is 0 Å². The molecule has 1 unspecified atom stereocenters. The molecule has 3 N–H and O–H groups in total. The van der Waals surface area contributed by atoms with Crippen molar-refractivity contribution in [1.82, 2.24) is 0 Å². The lowest BCUT2D eigenvalue weighted by Crippen LogP contribution is -2.38. The van der Waals surface area contributed by atoms with Crippen LogP contribution in [0.15, 0.2) is 4.99 Å². The molecular weight excluding hydrogens is 174 g/mol. The Morgan fingerprint density at radius 3 is 2.33 bits per heavy atom. The van der Waals surface area contributed by atoms with Gasteiger partial charge in [-0.15, -0.1) is 12.4 Å². The van der Waals surface area contributed by atoms with E-state index in [9.17, 15) is 0 Å². The topological polar surface area (TPSA) is 62.2 Å². The summed E-state index contributed by atoms with van der Waals surface area (Å²) in [6.45, 7) is 6.16. The first-order valence-electron chi connectivity index (χ1n) is 3.96. The van der Waals surface area contributed by atoms with Crippen molar-refractivity contribution in [2.75, 3.05) is 0 Å². The maximum absolute atomic E-state index is 6.71. The predicted molar refractivity (Wildman–Crippen MR) is 54.1 cm³/mol. The Morgan fingerprint density at radius 2 is 2.08 bits per heavy atom. The van der Waals surface area contributed by atoms with Gasteiger partial charge >= 0.3 is 0 Å². The number of nitrogens with zero attached hydrogens (tertiary/aromatic N) is 1. The maximum Gasteiger partial charge on any atom is 0.119 e. The second-order valence-electron chi connectivity index (χ2n) is 3.28. The Morgan fingerprint density at radius 1 is 1.58 bits per heavy atom. The molecule has 0 saturated heterocycles. The van der Waals surface area contributed by atoms with E-state index < -0.39 is 5.66 Å². The van der Waals surface area contributed by atoms with Crippen LogP contribution in [0.2, 0.25) is 0 Å². The number of aliphatic imine (C=N–C) groups is 1. The molecule has 12 heavy (non-hydrogen) atoms. The van der Waals surface area contributed by atoms with Crippen LogP contribution in [0.4, 0.5) is 0 Å². The standard InChI is InChI=1S/C8H17N3.ClH/c1-4-8(10,11-6-9)5-7(2)3;/h7,9H,4-5,10H2,1-3H3;1H. The van der Waals surface area contributed by atoms with Crippen LogP contribution in [-0.4, -0.2) is 11.7 Å². The molecule has 0 aromatic rings. The summed E-state index contributed by atoms with van der Waals surface area (Å²) in [4.78, 5) is 3.81. The van der Waals surface area contributed by atoms with Gasteiger partial charge in [0.25, 0.3) is 0 Å². The Labute approximate surface area is 80.4 Å². The molecule has 72 valence electrons. The molecule has 0 aromatic heterocycles. The largest absolute Gasteiger partial charge is 0.306 e. The highest BCUT2D eigenvalue weighted by molar-refractivity contribution is 5.85. The lowest BCUT2D eigenvalue weighted by atomic mass is 9.96. The van der Waals surface area contributed by atoms with Crippen molar-refractivity contribution in [2.24, 2.45) is 16.6 Å². The molecule has 0 aliphatic rings. The van der Waals surface area contributed by atoms with Crippen molar-refractivity contribution in [3.8, 4) is 0 Å². The van der Waals surface area contributed by atoms with Crippen LogP contribution in [0.1, 0.15) is 33.6 Å². The zero-order valence-corrected chi connectivity index (χ0v) is 8.74. The zero-order valence-electron chi connectivity index (χ0n) is 7.92. The van der Waals surface area contributed by atoms with Crippen LogP contribution < -0.4 is 5.73 Å². The first kappa shape index (κ1) is 14.2. The van der Waals surface area contributed by atoms with Gasteiger partial charge < -0.3 is 5.73 Å². The zero-order chi connectivity index (χ0) is 8.91. The molecule has 4 heteroatoms. The fraction of sp³-hybridized carbons (Fsp3) is 0.875. The molecule has 0 fully saturated rings. The van der Waals surface area contributed by atoms with Crippen LogP contribution in [0, 0.1) is 11.3 Å². The van der Waals surface area contributed by atoms with Gasteiger partial charge in [-0.25, -0.2) is 10.4 Å². The van der Waals surface area contributed by atoms with E-state index >= 15 is 0 Å². The van der Waals surface area contributed by atoms with Gasteiger partial charge in [0.2, 0.25) is 0 Å². The van der Waals surface area contributed by atoms with E-state index in [0.717, 1.165) is 12.8 Å². The van der Waals surface area contributed by atoms with Gasteiger partial charge in [0, 0.05) is 0 Å². The van der Waals surface area contributed by atoms with E-state index in [-0.39, 0.29) is 12.4 Å². The van der Waals surface area contributed by atoms with Crippen molar-refractivity contribution in [3.05, 3.63) is 0 Å². The predicted octanol–water partition coefficient (Wildman–Crippen LogP) is 2.27. The minimum atomic E-state index is -0.560. The van der Waals surface area contributed by atoms with Crippen molar-refractivity contribution >= 4 is 18.4 Å². The fourth-order valence-corrected chi connectivity index (χ4v) is 1.09. The molecule has 1 atom stereocenters. The van der Waals surface area contributed by atoms with E-state index in [4.69, 9.17) is 11.1 Å². The molecule has 0 aliphatic carbocycles. The van der Waals surface area contributed by atoms with Crippen LogP contribution in [0.3, 0.4) is 0 Å². The number of nitrogens with one attached hydrogen (secondary N) is 1. The molecule has 0 bridgehead atoms. The van der Waals surface area contributed by atoms with Crippen LogP contribution in [-0.2, 0) is 0 Å². The smallest absolute Gasteiger partial charge is 0.119 e. The molecule has 0 heterocycles. The van der Waals surface area contributed by atoms with Crippen molar-refractivity contribution in [2.45, 2.75) is 39.3 Å². The van der Waals surface area contributed by atoms with Gasteiger partial charge in [-0.2, -0.15) is 0 Å². The van der Waals surface area contributed by atoms with Gasteiger partial charge in [-0.05, 0) is 18.8 Å². The molecule has 0 spiro atoms.